The number of para-hydroxylation sites is 1. The van der Waals surface area contributed by atoms with E-state index in [9.17, 15) is 4.79 Å². The van der Waals surface area contributed by atoms with Crippen LogP contribution in [-0.4, -0.2) is 62.7 Å². The van der Waals surface area contributed by atoms with Gasteiger partial charge in [0.15, 0.2) is 0 Å². The molecule has 0 radical (unpaired) electrons. The minimum atomic E-state index is 0.194. The van der Waals surface area contributed by atoms with E-state index in [-0.39, 0.29) is 5.91 Å². The molecule has 2 N–H and O–H groups in total. The van der Waals surface area contributed by atoms with E-state index < -0.39 is 0 Å². The van der Waals surface area contributed by atoms with Gasteiger partial charge in [0.1, 0.15) is 0 Å². The van der Waals surface area contributed by atoms with Crippen molar-refractivity contribution in [3.63, 3.8) is 0 Å². The van der Waals surface area contributed by atoms with Gasteiger partial charge in [0.05, 0.1) is 0 Å². The molecule has 2 aliphatic rings. The Morgan fingerprint density at radius 3 is 2.64 bits per heavy atom. The molecule has 120 valence electrons. The third-order valence-corrected chi connectivity index (χ3v) is 4.57. The lowest BCUT2D eigenvalue weighted by Gasteiger charge is -2.36. The van der Waals surface area contributed by atoms with E-state index in [1.165, 1.54) is 5.69 Å². The Balaban J connectivity index is 1.36. The third kappa shape index (κ3) is 4.21. The molecule has 2 saturated heterocycles. The van der Waals surface area contributed by atoms with E-state index >= 15 is 0 Å². The van der Waals surface area contributed by atoms with Gasteiger partial charge in [-0.1, -0.05) is 18.2 Å². The van der Waals surface area contributed by atoms with Gasteiger partial charge in [-0.3, -0.25) is 9.69 Å². The summed E-state index contributed by atoms with van der Waals surface area (Å²) < 4.78 is 0. The number of hydrogen-bond acceptors (Lipinski definition) is 4. The molecule has 2 aliphatic heterocycles. The zero-order chi connectivity index (χ0) is 15.2. The highest BCUT2D eigenvalue weighted by atomic mass is 16.1. The van der Waals surface area contributed by atoms with Gasteiger partial charge in [-0.15, -0.1) is 0 Å². The van der Waals surface area contributed by atoms with Crippen molar-refractivity contribution in [1.29, 1.82) is 0 Å². The summed E-state index contributed by atoms with van der Waals surface area (Å²) in [4.78, 5) is 16.8. The SMILES string of the molecule is O=C(CCN1CCN(c2ccccc2)CC1)NC1CCNC1. The molecule has 1 aromatic rings. The molecule has 1 amide bonds. The van der Waals surface area contributed by atoms with Crippen molar-refractivity contribution in [2.24, 2.45) is 0 Å². The maximum Gasteiger partial charge on any atom is 0.221 e. The molecule has 2 heterocycles. The maximum atomic E-state index is 12.0. The lowest BCUT2D eigenvalue weighted by atomic mass is 10.2. The summed E-state index contributed by atoms with van der Waals surface area (Å²) in [6.07, 6.45) is 1.67. The number of piperazine rings is 1. The lowest BCUT2D eigenvalue weighted by molar-refractivity contribution is -0.122. The summed E-state index contributed by atoms with van der Waals surface area (Å²) in [6.45, 7) is 6.96. The normalized spacial score (nSPS) is 22.7. The van der Waals surface area contributed by atoms with Crippen LogP contribution in [0.1, 0.15) is 12.8 Å². The number of nitrogens with one attached hydrogen (secondary N) is 2. The average Bonchev–Trinajstić information content (AvgIpc) is 3.07. The first-order chi connectivity index (χ1) is 10.8. The van der Waals surface area contributed by atoms with Crippen molar-refractivity contribution < 1.29 is 4.79 Å². The fourth-order valence-corrected chi connectivity index (χ4v) is 3.21. The molecule has 1 unspecified atom stereocenters. The first-order valence-electron chi connectivity index (χ1n) is 8.34. The summed E-state index contributed by atoms with van der Waals surface area (Å²) in [5, 5.41) is 6.39. The van der Waals surface area contributed by atoms with Crippen LogP contribution >= 0.6 is 0 Å². The number of benzene rings is 1. The fourth-order valence-electron chi connectivity index (χ4n) is 3.21. The molecule has 0 aliphatic carbocycles. The average molecular weight is 302 g/mol. The van der Waals surface area contributed by atoms with E-state index in [1.807, 2.05) is 0 Å². The van der Waals surface area contributed by atoms with E-state index in [0.29, 0.717) is 12.5 Å². The van der Waals surface area contributed by atoms with Crippen LogP contribution < -0.4 is 15.5 Å². The summed E-state index contributed by atoms with van der Waals surface area (Å²) in [5.74, 6) is 0.194. The summed E-state index contributed by atoms with van der Waals surface area (Å²) in [7, 11) is 0. The maximum absolute atomic E-state index is 12.0. The second kappa shape index (κ2) is 7.61. The fraction of sp³-hybridized carbons (Fsp3) is 0.588. The van der Waals surface area contributed by atoms with Gasteiger partial charge in [-0.25, -0.2) is 0 Å². The van der Waals surface area contributed by atoms with Gasteiger partial charge in [-0.05, 0) is 25.1 Å². The van der Waals surface area contributed by atoms with Crippen molar-refractivity contribution in [2.45, 2.75) is 18.9 Å². The van der Waals surface area contributed by atoms with Gasteiger partial charge in [0, 0.05) is 57.4 Å². The Labute approximate surface area is 132 Å². The number of rotatable bonds is 5. The highest BCUT2D eigenvalue weighted by Gasteiger charge is 2.19. The van der Waals surface area contributed by atoms with Gasteiger partial charge in [-0.2, -0.15) is 0 Å². The molecule has 1 aromatic carbocycles. The highest BCUT2D eigenvalue weighted by molar-refractivity contribution is 5.76. The third-order valence-electron chi connectivity index (χ3n) is 4.57. The Morgan fingerprint density at radius 1 is 1.18 bits per heavy atom. The van der Waals surface area contributed by atoms with Gasteiger partial charge < -0.3 is 15.5 Å². The lowest BCUT2D eigenvalue weighted by Crippen LogP contribution is -2.47. The van der Waals surface area contributed by atoms with Crippen LogP contribution in [0.5, 0.6) is 0 Å². The summed E-state index contributed by atoms with van der Waals surface area (Å²) in [6, 6.07) is 10.9. The second-order valence-electron chi connectivity index (χ2n) is 6.17. The van der Waals surface area contributed by atoms with Gasteiger partial charge >= 0.3 is 0 Å². The summed E-state index contributed by atoms with van der Waals surface area (Å²) in [5.41, 5.74) is 1.30. The smallest absolute Gasteiger partial charge is 0.221 e. The second-order valence-corrected chi connectivity index (χ2v) is 6.17. The molecule has 0 aromatic heterocycles. The monoisotopic (exact) mass is 302 g/mol. The number of nitrogens with zero attached hydrogens (tertiary/aromatic N) is 2. The van der Waals surface area contributed by atoms with Crippen LogP contribution in [0, 0.1) is 0 Å². The van der Waals surface area contributed by atoms with E-state index in [2.05, 4.69) is 50.8 Å². The molecular weight excluding hydrogens is 276 g/mol. The first-order valence-corrected chi connectivity index (χ1v) is 8.34. The molecule has 0 bridgehead atoms. The van der Waals surface area contributed by atoms with Gasteiger partial charge in [0.25, 0.3) is 0 Å². The van der Waals surface area contributed by atoms with Gasteiger partial charge in [0.2, 0.25) is 5.91 Å². The largest absolute Gasteiger partial charge is 0.369 e. The number of hydrogen-bond donors (Lipinski definition) is 2. The molecule has 22 heavy (non-hydrogen) atoms. The molecule has 2 fully saturated rings. The van der Waals surface area contributed by atoms with Crippen LogP contribution in [0.4, 0.5) is 5.69 Å². The molecule has 5 heteroatoms. The number of carbonyl (C=O) groups is 1. The minimum Gasteiger partial charge on any atom is -0.369 e. The van der Waals surface area contributed by atoms with Crippen molar-refractivity contribution in [3.05, 3.63) is 30.3 Å². The predicted molar refractivity (Wildman–Crippen MR) is 89.1 cm³/mol. The van der Waals surface area contributed by atoms with E-state index in [0.717, 1.165) is 52.2 Å². The minimum absolute atomic E-state index is 0.194. The Hall–Kier alpha value is -1.59. The zero-order valence-electron chi connectivity index (χ0n) is 13.1. The van der Waals surface area contributed by atoms with Crippen molar-refractivity contribution >= 4 is 11.6 Å². The van der Waals surface area contributed by atoms with Crippen LogP contribution in [0.3, 0.4) is 0 Å². The topological polar surface area (TPSA) is 47.6 Å². The summed E-state index contributed by atoms with van der Waals surface area (Å²) >= 11 is 0. The Bertz CT molecular complexity index is 465. The number of amides is 1. The van der Waals surface area contributed by atoms with Crippen molar-refractivity contribution in [2.75, 3.05) is 50.7 Å². The predicted octanol–water partition coefficient (Wildman–Crippen LogP) is 0.677. The van der Waals surface area contributed by atoms with Crippen molar-refractivity contribution in [3.8, 4) is 0 Å². The Morgan fingerprint density at radius 2 is 1.95 bits per heavy atom. The van der Waals surface area contributed by atoms with E-state index in [1.54, 1.807) is 0 Å². The number of carbonyl (C=O) groups excluding carboxylic acids is 1. The molecule has 3 rings (SSSR count). The van der Waals surface area contributed by atoms with Crippen LogP contribution in [0.2, 0.25) is 0 Å². The zero-order valence-corrected chi connectivity index (χ0v) is 13.1. The molecule has 0 spiro atoms. The highest BCUT2D eigenvalue weighted by Crippen LogP contribution is 2.15. The van der Waals surface area contributed by atoms with Crippen LogP contribution in [-0.2, 0) is 4.79 Å². The number of anilines is 1. The van der Waals surface area contributed by atoms with E-state index in [4.69, 9.17) is 0 Å². The first kappa shape index (κ1) is 15.3. The molecule has 0 saturated carbocycles. The van der Waals surface area contributed by atoms with Crippen LogP contribution in [0.15, 0.2) is 30.3 Å². The molecule has 1 atom stereocenters. The van der Waals surface area contributed by atoms with Crippen molar-refractivity contribution in [1.82, 2.24) is 15.5 Å². The quantitative estimate of drug-likeness (QED) is 0.840. The molecular formula is C17H26N4O. The van der Waals surface area contributed by atoms with Crippen LogP contribution in [0.25, 0.3) is 0 Å². The molecule has 5 nitrogen and oxygen atoms in total. The standard InChI is InChI=1S/C17H26N4O/c22-17(19-15-6-8-18-14-15)7-9-20-10-12-21(13-11-20)16-4-2-1-3-5-16/h1-5,15,18H,6-14H2,(H,19,22). The Kier molecular flexibility index (Phi) is 5.29.